The summed E-state index contributed by atoms with van der Waals surface area (Å²) in [5, 5.41) is 7.37. The molecular formula is C14H18N6O4S. The minimum Gasteiger partial charge on any atom is -0.464 e. The molecule has 0 aliphatic carbocycles. The first-order valence-corrected chi connectivity index (χ1v) is 8.11. The molecule has 0 spiro atoms. The summed E-state index contributed by atoms with van der Waals surface area (Å²) in [5.41, 5.74) is 11.2. The molecule has 0 saturated carbocycles. The second kappa shape index (κ2) is 8.68. The van der Waals surface area contributed by atoms with Gasteiger partial charge in [-0.05, 0) is 12.1 Å². The number of nitrogens with one attached hydrogen (secondary N) is 2. The number of nitrogens with zero attached hydrogens (tertiary/aromatic N) is 2. The summed E-state index contributed by atoms with van der Waals surface area (Å²) in [4.78, 5) is 30.3. The van der Waals surface area contributed by atoms with Gasteiger partial charge in [0.2, 0.25) is 5.13 Å². The third kappa shape index (κ3) is 6.14. The van der Waals surface area contributed by atoms with Gasteiger partial charge < -0.3 is 31.3 Å². The lowest BCUT2D eigenvalue weighted by molar-refractivity contribution is -0.140. The van der Waals surface area contributed by atoms with E-state index in [4.69, 9.17) is 20.6 Å². The number of urea groups is 1. The Hall–Kier alpha value is -3.08. The SMILES string of the molecule is CC(=O)OCCNC(=O)NCc1ccc(-c2csc(N=C(N)N)n2)o1. The highest BCUT2D eigenvalue weighted by molar-refractivity contribution is 7.13. The van der Waals surface area contributed by atoms with Crippen LogP contribution in [0.15, 0.2) is 26.9 Å². The topological polar surface area (TPSA) is 158 Å². The van der Waals surface area contributed by atoms with Gasteiger partial charge in [0, 0.05) is 12.3 Å². The molecule has 0 unspecified atom stereocenters. The maximum Gasteiger partial charge on any atom is 0.315 e. The Balaban J connectivity index is 1.81. The van der Waals surface area contributed by atoms with Crippen LogP contribution < -0.4 is 22.1 Å². The molecule has 0 fully saturated rings. The van der Waals surface area contributed by atoms with E-state index >= 15 is 0 Å². The number of carbonyl (C=O) groups is 2. The van der Waals surface area contributed by atoms with E-state index in [0.29, 0.717) is 22.3 Å². The number of ether oxygens (including phenoxy) is 1. The first-order valence-electron chi connectivity index (χ1n) is 7.23. The number of hydrogen-bond donors (Lipinski definition) is 4. The van der Waals surface area contributed by atoms with Crippen molar-refractivity contribution in [2.75, 3.05) is 13.2 Å². The monoisotopic (exact) mass is 366 g/mol. The van der Waals surface area contributed by atoms with E-state index in [-0.39, 0.29) is 25.7 Å². The van der Waals surface area contributed by atoms with Crippen molar-refractivity contribution in [1.29, 1.82) is 0 Å². The van der Waals surface area contributed by atoms with Gasteiger partial charge in [0.1, 0.15) is 18.1 Å². The van der Waals surface area contributed by atoms with Gasteiger partial charge in [0.25, 0.3) is 0 Å². The molecule has 0 radical (unpaired) electrons. The molecule has 2 heterocycles. The number of guanidine groups is 1. The van der Waals surface area contributed by atoms with Gasteiger partial charge in [0.15, 0.2) is 11.7 Å². The van der Waals surface area contributed by atoms with Crippen LogP contribution in [-0.4, -0.2) is 36.1 Å². The molecule has 10 nitrogen and oxygen atoms in total. The summed E-state index contributed by atoms with van der Waals surface area (Å²) < 4.78 is 10.3. The van der Waals surface area contributed by atoms with Crippen LogP contribution in [0.1, 0.15) is 12.7 Å². The number of hydrogen-bond acceptors (Lipinski definition) is 7. The molecule has 25 heavy (non-hydrogen) atoms. The van der Waals surface area contributed by atoms with Crippen molar-refractivity contribution in [2.24, 2.45) is 16.5 Å². The molecule has 2 aromatic heterocycles. The predicted octanol–water partition coefficient (Wildman–Crippen LogP) is 0.670. The highest BCUT2D eigenvalue weighted by atomic mass is 32.1. The molecule has 11 heteroatoms. The van der Waals surface area contributed by atoms with Crippen molar-refractivity contribution in [3.05, 3.63) is 23.3 Å². The number of aromatic nitrogens is 1. The van der Waals surface area contributed by atoms with Crippen molar-refractivity contribution >= 4 is 34.4 Å². The van der Waals surface area contributed by atoms with Crippen molar-refractivity contribution < 1.29 is 18.7 Å². The zero-order valence-electron chi connectivity index (χ0n) is 13.4. The van der Waals surface area contributed by atoms with Gasteiger partial charge in [-0.15, -0.1) is 11.3 Å². The molecule has 0 aromatic carbocycles. The van der Waals surface area contributed by atoms with Gasteiger partial charge >= 0.3 is 12.0 Å². The maximum absolute atomic E-state index is 11.6. The van der Waals surface area contributed by atoms with Gasteiger partial charge in [0.05, 0.1) is 13.1 Å². The summed E-state index contributed by atoms with van der Waals surface area (Å²) >= 11 is 1.28. The number of esters is 1. The van der Waals surface area contributed by atoms with Gasteiger partial charge in [-0.2, -0.15) is 4.99 Å². The van der Waals surface area contributed by atoms with Crippen LogP contribution in [0.5, 0.6) is 0 Å². The Morgan fingerprint density at radius 3 is 2.88 bits per heavy atom. The first kappa shape index (κ1) is 18.3. The molecule has 134 valence electrons. The number of amides is 2. The lowest BCUT2D eigenvalue weighted by Gasteiger charge is -2.06. The zero-order chi connectivity index (χ0) is 18.2. The lowest BCUT2D eigenvalue weighted by atomic mass is 10.3. The number of carbonyl (C=O) groups excluding carboxylic acids is 2. The summed E-state index contributed by atoms with van der Waals surface area (Å²) in [6, 6.07) is 3.08. The molecule has 0 aliphatic heterocycles. The third-order valence-corrected chi connectivity index (χ3v) is 3.48. The molecule has 0 saturated heterocycles. The van der Waals surface area contributed by atoms with E-state index < -0.39 is 12.0 Å². The number of aliphatic imine (C=N–C) groups is 1. The Bertz CT molecular complexity index is 765. The van der Waals surface area contributed by atoms with Crippen molar-refractivity contribution in [2.45, 2.75) is 13.5 Å². The molecule has 2 aromatic rings. The van der Waals surface area contributed by atoms with Crippen LogP contribution >= 0.6 is 11.3 Å². The maximum atomic E-state index is 11.6. The highest BCUT2D eigenvalue weighted by Gasteiger charge is 2.10. The summed E-state index contributed by atoms with van der Waals surface area (Å²) in [6.45, 7) is 1.85. The highest BCUT2D eigenvalue weighted by Crippen LogP contribution is 2.27. The number of nitrogens with two attached hydrogens (primary N) is 2. The Morgan fingerprint density at radius 1 is 1.36 bits per heavy atom. The third-order valence-electron chi connectivity index (χ3n) is 2.75. The lowest BCUT2D eigenvalue weighted by Crippen LogP contribution is -2.37. The van der Waals surface area contributed by atoms with E-state index in [1.165, 1.54) is 18.3 Å². The summed E-state index contributed by atoms with van der Waals surface area (Å²) in [5.74, 6) is 0.641. The van der Waals surface area contributed by atoms with Gasteiger partial charge in [-0.1, -0.05) is 0 Å². The summed E-state index contributed by atoms with van der Waals surface area (Å²) in [7, 11) is 0. The second-order valence-corrected chi connectivity index (χ2v) is 5.60. The quantitative estimate of drug-likeness (QED) is 0.243. The van der Waals surface area contributed by atoms with E-state index in [1.54, 1.807) is 17.5 Å². The standard InChI is InChI=1S/C14H18N6O4S/c1-8(21)23-5-4-17-13(22)18-6-9-2-3-11(24-9)10-7-25-14(19-10)20-12(15)16/h2-3,7H,4-6H2,1H3,(H2,17,18,22)(H4,15,16,19,20). The van der Waals surface area contributed by atoms with Crippen LogP contribution in [0.3, 0.4) is 0 Å². The van der Waals surface area contributed by atoms with Gasteiger partial charge in [-0.3, -0.25) is 4.79 Å². The number of rotatable bonds is 7. The Morgan fingerprint density at radius 2 is 2.16 bits per heavy atom. The first-order chi connectivity index (χ1) is 11.9. The van der Waals surface area contributed by atoms with Crippen LogP contribution in [0.4, 0.5) is 9.93 Å². The molecule has 0 atom stereocenters. The van der Waals surface area contributed by atoms with Crippen LogP contribution in [0.25, 0.3) is 11.5 Å². The normalized spacial score (nSPS) is 10.1. The minimum absolute atomic E-state index is 0.0649. The largest absolute Gasteiger partial charge is 0.464 e. The minimum atomic E-state index is -0.395. The Labute approximate surface area is 147 Å². The van der Waals surface area contributed by atoms with Crippen LogP contribution in [0, 0.1) is 0 Å². The predicted molar refractivity (Wildman–Crippen MR) is 92.2 cm³/mol. The van der Waals surface area contributed by atoms with E-state index in [2.05, 4.69) is 20.6 Å². The van der Waals surface area contributed by atoms with E-state index in [1.807, 2.05) is 0 Å². The molecule has 0 bridgehead atoms. The summed E-state index contributed by atoms with van der Waals surface area (Å²) in [6.07, 6.45) is 0. The molecule has 0 aliphatic rings. The zero-order valence-corrected chi connectivity index (χ0v) is 14.3. The van der Waals surface area contributed by atoms with Crippen LogP contribution in [-0.2, 0) is 16.1 Å². The molecule has 6 N–H and O–H groups in total. The fraction of sp³-hybridized carbons (Fsp3) is 0.286. The van der Waals surface area contributed by atoms with Crippen molar-refractivity contribution in [3.8, 4) is 11.5 Å². The molecule has 2 rings (SSSR count). The number of furan rings is 1. The van der Waals surface area contributed by atoms with E-state index in [9.17, 15) is 9.59 Å². The second-order valence-electron chi connectivity index (χ2n) is 4.77. The molecular weight excluding hydrogens is 348 g/mol. The average molecular weight is 366 g/mol. The van der Waals surface area contributed by atoms with E-state index in [0.717, 1.165) is 0 Å². The van der Waals surface area contributed by atoms with Crippen molar-refractivity contribution in [3.63, 3.8) is 0 Å². The fourth-order valence-electron chi connectivity index (χ4n) is 1.74. The average Bonchev–Trinajstić information content (AvgIpc) is 3.17. The molecule has 2 amide bonds. The number of thiazole rings is 1. The van der Waals surface area contributed by atoms with Gasteiger partial charge in [-0.25, -0.2) is 9.78 Å². The Kier molecular flexibility index (Phi) is 6.34. The fourth-order valence-corrected chi connectivity index (χ4v) is 2.43. The van der Waals surface area contributed by atoms with Crippen molar-refractivity contribution in [1.82, 2.24) is 15.6 Å². The smallest absolute Gasteiger partial charge is 0.315 e. The van der Waals surface area contributed by atoms with Crippen LogP contribution in [0.2, 0.25) is 0 Å².